The van der Waals surface area contributed by atoms with Gasteiger partial charge in [-0.05, 0) is 25.5 Å². The molecule has 16 heteroatoms. The summed E-state index contributed by atoms with van der Waals surface area (Å²) in [5.74, 6) is 0.492. The van der Waals surface area contributed by atoms with Crippen molar-refractivity contribution in [2.45, 2.75) is 147 Å². The van der Waals surface area contributed by atoms with Gasteiger partial charge in [0, 0.05) is 18.9 Å². The second-order valence-electron chi connectivity index (χ2n) is 14.6. The SMILES string of the molecule is CCCCCCCCCCCCCCCCCCOC[C@H](COP(=O)(O)OC[C@H]1O[C@@](C)(c2ccc3c(N)ncnn23)[C@H](O)[C@@H]1O)Oc1cncc(C#N)c1. The number of nitrogen functional groups attached to an aromatic ring is 1. The van der Waals surface area contributed by atoms with Gasteiger partial charge in [-0.3, -0.25) is 14.0 Å². The Bertz CT molecular complexity index is 1660. The number of anilines is 1. The molecule has 6 atom stereocenters. The number of aliphatic hydroxyl groups excluding tert-OH is 2. The molecule has 1 aliphatic heterocycles. The number of aliphatic hydroxyl groups is 2. The Hall–Kier alpha value is -3.19. The van der Waals surface area contributed by atoms with Crippen molar-refractivity contribution in [3.63, 3.8) is 0 Å². The highest BCUT2D eigenvalue weighted by Crippen LogP contribution is 2.46. The first kappa shape index (κ1) is 44.5. The zero-order valence-corrected chi connectivity index (χ0v) is 33.4. The van der Waals surface area contributed by atoms with Crippen LogP contribution < -0.4 is 10.5 Å². The maximum atomic E-state index is 13.0. The number of pyridine rings is 1. The van der Waals surface area contributed by atoms with Crippen LogP contribution in [0.15, 0.2) is 36.9 Å². The predicted molar refractivity (Wildman–Crippen MR) is 207 cm³/mol. The fourth-order valence-electron chi connectivity index (χ4n) is 6.86. The summed E-state index contributed by atoms with van der Waals surface area (Å²) in [6.45, 7) is 3.38. The van der Waals surface area contributed by atoms with Gasteiger partial charge in [-0.1, -0.05) is 103 Å². The van der Waals surface area contributed by atoms with E-state index in [1.165, 1.54) is 113 Å². The van der Waals surface area contributed by atoms with Crippen molar-refractivity contribution in [3.05, 3.63) is 48.2 Å². The summed E-state index contributed by atoms with van der Waals surface area (Å²) in [7, 11) is -4.71. The predicted octanol–water partition coefficient (Wildman–Crippen LogP) is 6.77. The van der Waals surface area contributed by atoms with E-state index in [1.54, 1.807) is 19.1 Å². The number of nitrogens with two attached hydrogens (primary N) is 1. The van der Waals surface area contributed by atoms with E-state index in [-0.39, 0.29) is 23.7 Å². The van der Waals surface area contributed by atoms with E-state index in [4.69, 9.17) is 29.0 Å². The molecule has 0 radical (unpaired) electrons. The highest BCUT2D eigenvalue weighted by molar-refractivity contribution is 7.47. The average Bonchev–Trinajstić information content (AvgIpc) is 3.72. The normalized spacial score (nSPS) is 21.4. The zero-order chi connectivity index (χ0) is 39.5. The molecule has 15 nitrogen and oxygen atoms in total. The molecular weight excluding hydrogens is 727 g/mol. The van der Waals surface area contributed by atoms with Crippen LogP contribution in [0.4, 0.5) is 5.82 Å². The minimum absolute atomic E-state index is 0.0455. The lowest BCUT2D eigenvalue weighted by atomic mass is 9.93. The molecule has 4 rings (SSSR count). The molecule has 0 aromatic carbocycles. The second-order valence-corrected chi connectivity index (χ2v) is 16.0. The van der Waals surface area contributed by atoms with E-state index in [2.05, 4.69) is 22.0 Å². The number of rotatable bonds is 28. The number of nitrogens with zero attached hydrogens (tertiary/aromatic N) is 5. The Labute approximate surface area is 325 Å². The third kappa shape index (κ3) is 14.1. The standard InChI is InChI=1S/C39H61N6O9P/c1-3-4-5-6-7-8-9-10-11-12-13-14-15-16-17-18-21-50-26-32(53-31-22-30(23-40)24-42-25-31)27-51-55(48,49)52-28-34-36(46)37(47)39(2,54-34)35-20-19-33-38(41)43-29-44-45(33)35/h19-20,22,24-25,29,32,34,36-37,46-47H,3-18,21,26-28H2,1-2H3,(H,48,49)(H2,41,43,44)/t32-,34-,36-,37-,39+/m1/s1. The number of hydrogen-bond donors (Lipinski definition) is 4. The number of aromatic nitrogens is 4. The van der Waals surface area contributed by atoms with Gasteiger partial charge in [0.15, 0.2) is 5.82 Å². The van der Waals surface area contributed by atoms with E-state index < -0.39 is 51.1 Å². The van der Waals surface area contributed by atoms with Gasteiger partial charge in [-0.15, -0.1) is 0 Å². The van der Waals surface area contributed by atoms with Crippen LogP contribution in [0.2, 0.25) is 0 Å². The highest BCUT2D eigenvalue weighted by Gasteiger charge is 2.54. The molecule has 1 fully saturated rings. The molecule has 0 saturated carbocycles. The highest BCUT2D eigenvalue weighted by atomic mass is 31.2. The zero-order valence-electron chi connectivity index (χ0n) is 32.5. The van der Waals surface area contributed by atoms with Gasteiger partial charge >= 0.3 is 7.82 Å². The molecule has 1 saturated heterocycles. The van der Waals surface area contributed by atoms with Gasteiger partial charge < -0.3 is 35.1 Å². The minimum atomic E-state index is -4.71. The van der Waals surface area contributed by atoms with Crippen molar-refractivity contribution in [1.29, 1.82) is 5.26 Å². The van der Waals surface area contributed by atoms with Crippen LogP contribution in [0.1, 0.15) is 128 Å². The summed E-state index contributed by atoms with van der Waals surface area (Å²) >= 11 is 0. The number of ether oxygens (including phenoxy) is 3. The van der Waals surface area contributed by atoms with Crippen LogP contribution in [0.25, 0.3) is 5.52 Å². The fourth-order valence-corrected chi connectivity index (χ4v) is 7.62. The van der Waals surface area contributed by atoms with Crippen molar-refractivity contribution in [3.8, 4) is 11.8 Å². The van der Waals surface area contributed by atoms with Crippen LogP contribution in [0.3, 0.4) is 0 Å². The molecule has 3 aromatic rings. The maximum absolute atomic E-state index is 13.0. The Morgan fingerprint density at radius 2 is 1.60 bits per heavy atom. The molecule has 0 bridgehead atoms. The maximum Gasteiger partial charge on any atom is 0.472 e. The smallest absolute Gasteiger partial charge is 0.472 e. The number of unbranched alkanes of at least 4 members (excludes halogenated alkanes) is 15. The fraction of sp³-hybridized carbons (Fsp3) is 0.692. The molecule has 55 heavy (non-hydrogen) atoms. The lowest BCUT2D eigenvalue weighted by Crippen LogP contribution is -2.39. The van der Waals surface area contributed by atoms with Gasteiger partial charge in [-0.25, -0.2) is 14.1 Å². The van der Waals surface area contributed by atoms with Crippen molar-refractivity contribution < 1.29 is 42.9 Å². The topological polar surface area (TPSA) is 217 Å². The first-order chi connectivity index (χ1) is 26.6. The second kappa shape index (κ2) is 23.1. The van der Waals surface area contributed by atoms with Crippen LogP contribution in [-0.2, 0) is 28.7 Å². The molecule has 0 spiro atoms. The molecule has 5 N–H and O–H groups in total. The lowest BCUT2D eigenvalue weighted by molar-refractivity contribution is -0.0892. The summed E-state index contributed by atoms with van der Waals surface area (Å²) in [6.07, 6.45) is 19.5. The van der Waals surface area contributed by atoms with Crippen LogP contribution >= 0.6 is 7.82 Å². The summed E-state index contributed by atoms with van der Waals surface area (Å²) in [5, 5.41) is 35.3. The van der Waals surface area contributed by atoms with Crippen LogP contribution in [0, 0.1) is 11.3 Å². The molecule has 0 aliphatic carbocycles. The lowest BCUT2D eigenvalue weighted by Gasteiger charge is -2.27. The molecule has 0 amide bonds. The number of nitriles is 1. The minimum Gasteiger partial charge on any atom is -0.484 e. The number of phosphoric acid groups is 1. The Morgan fingerprint density at radius 3 is 2.24 bits per heavy atom. The Balaban J connectivity index is 1.16. The monoisotopic (exact) mass is 788 g/mol. The molecule has 3 aromatic heterocycles. The summed E-state index contributed by atoms with van der Waals surface area (Å²) in [4.78, 5) is 18.5. The van der Waals surface area contributed by atoms with Gasteiger partial charge in [-0.2, -0.15) is 10.4 Å². The molecule has 1 unspecified atom stereocenters. The molecule has 1 aliphatic rings. The Morgan fingerprint density at radius 1 is 0.964 bits per heavy atom. The van der Waals surface area contributed by atoms with E-state index in [0.29, 0.717) is 17.8 Å². The van der Waals surface area contributed by atoms with Crippen molar-refractivity contribution in [2.24, 2.45) is 0 Å². The van der Waals surface area contributed by atoms with Crippen molar-refractivity contribution >= 4 is 19.2 Å². The Kier molecular flexibility index (Phi) is 18.7. The summed E-state index contributed by atoms with van der Waals surface area (Å²) in [6, 6.07) is 6.81. The number of phosphoric ester groups is 1. The quantitative estimate of drug-likeness (QED) is 0.0441. The molecule has 4 heterocycles. The molecular formula is C39H61N6O9P. The molecule has 306 valence electrons. The summed E-state index contributed by atoms with van der Waals surface area (Å²) < 4.78 is 42.8. The van der Waals surface area contributed by atoms with E-state index in [1.807, 2.05) is 6.07 Å². The first-order valence-electron chi connectivity index (χ1n) is 19.9. The summed E-state index contributed by atoms with van der Waals surface area (Å²) in [5.41, 5.74) is 5.64. The third-order valence-electron chi connectivity index (χ3n) is 10.1. The van der Waals surface area contributed by atoms with E-state index in [0.717, 1.165) is 19.3 Å². The van der Waals surface area contributed by atoms with Crippen LogP contribution in [0.5, 0.6) is 5.75 Å². The largest absolute Gasteiger partial charge is 0.484 e. The number of hydrogen-bond acceptors (Lipinski definition) is 13. The van der Waals surface area contributed by atoms with Crippen molar-refractivity contribution in [2.75, 3.05) is 32.2 Å². The van der Waals surface area contributed by atoms with Crippen LogP contribution in [-0.4, -0.2) is 85.5 Å². The third-order valence-corrected chi connectivity index (χ3v) is 11.0. The first-order valence-corrected chi connectivity index (χ1v) is 21.4. The van der Waals surface area contributed by atoms with Gasteiger partial charge in [0.2, 0.25) is 0 Å². The van der Waals surface area contributed by atoms with Gasteiger partial charge in [0.25, 0.3) is 0 Å². The van der Waals surface area contributed by atoms with E-state index >= 15 is 0 Å². The van der Waals surface area contributed by atoms with E-state index in [9.17, 15) is 24.9 Å². The van der Waals surface area contributed by atoms with Crippen molar-refractivity contribution in [1.82, 2.24) is 19.6 Å². The average molecular weight is 789 g/mol. The number of fused-ring (bicyclic) bond motifs is 1. The van der Waals surface area contributed by atoms with Gasteiger partial charge in [0.05, 0.1) is 37.3 Å². The van der Waals surface area contributed by atoms with Gasteiger partial charge in [0.1, 0.15) is 53.7 Å².